The quantitative estimate of drug-likeness (QED) is 0.904. The minimum absolute atomic E-state index is 0.0340. The van der Waals surface area contributed by atoms with E-state index in [-0.39, 0.29) is 17.4 Å². The van der Waals surface area contributed by atoms with Crippen LogP contribution in [0.5, 0.6) is 0 Å². The molecule has 5 nitrogen and oxygen atoms in total. The highest BCUT2D eigenvalue weighted by Gasteiger charge is 2.28. The van der Waals surface area contributed by atoms with Crippen LogP contribution in [0.15, 0.2) is 29.1 Å². The van der Waals surface area contributed by atoms with E-state index in [1.165, 1.54) is 0 Å². The van der Waals surface area contributed by atoms with Crippen LogP contribution >= 0.6 is 0 Å². The molecule has 23 heavy (non-hydrogen) atoms. The molecule has 1 aliphatic heterocycles. The van der Waals surface area contributed by atoms with Crippen molar-refractivity contribution in [3.63, 3.8) is 0 Å². The van der Waals surface area contributed by atoms with Gasteiger partial charge in [0.25, 0.3) is 5.56 Å². The van der Waals surface area contributed by atoms with Crippen LogP contribution in [-0.4, -0.2) is 35.4 Å². The maximum absolute atomic E-state index is 12.3. The molecule has 122 valence electrons. The zero-order valence-corrected chi connectivity index (χ0v) is 13.7. The number of aromatic amines is 1. The van der Waals surface area contributed by atoms with Crippen molar-refractivity contribution in [3.05, 3.63) is 45.7 Å². The van der Waals surface area contributed by atoms with E-state index in [0.717, 1.165) is 41.5 Å². The number of amides is 1. The van der Waals surface area contributed by atoms with Gasteiger partial charge in [0.15, 0.2) is 0 Å². The number of nitrogens with one attached hydrogen (secondary N) is 2. The lowest BCUT2D eigenvalue weighted by Gasteiger charge is -2.16. The topological polar surface area (TPSA) is 65.2 Å². The van der Waals surface area contributed by atoms with E-state index in [2.05, 4.69) is 15.2 Å². The molecule has 2 heterocycles. The van der Waals surface area contributed by atoms with Gasteiger partial charge in [-0.3, -0.25) is 14.5 Å². The fraction of sp³-hybridized carbons (Fsp3) is 0.444. The van der Waals surface area contributed by atoms with Crippen LogP contribution in [0.25, 0.3) is 10.9 Å². The number of nitrogens with zero attached hydrogens (tertiary/aromatic N) is 1. The Morgan fingerprint density at radius 1 is 1.43 bits per heavy atom. The van der Waals surface area contributed by atoms with Crippen LogP contribution in [-0.2, 0) is 11.3 Å². The molecule has 0 bridgehead atoms. The minimum atomic E-state index is -0.0340. The Morgan fingerprint density at radius 2 is 2.26 bits per heavy atom. The molecule has 3 rings (SSSR count). The summed E-state index contributed by atoms with van der Waals surface area (Å²) in [6.45, 7) is 6.76. The molecule has 2 N–H and O–H groups in total. The number of aryl methyl sites for hydroxylation is 1. The van der Waals surface area contributed by atoms with E-state index in [1.807, 2.05) is 38.1 Å². The van der Waals surface area contributed by atoms with Gasteiger partial charge in [0.1, 0.15) is 0 Å². The number of aromatic nitrogens is 1. The molecule has 5 heteroatoms. The van der Waals surface area contributed by atoms with Crippen LogP contribution in [0.3, 0.4) is 0 Å². The maximum Gasteiger partial charge on any atom is 0.252 e. The SMILES string of the molecule is CCNC(=O)[C@@H]1CCN(Cc2cc3cccc(C)c3[nH]c2=O)C1. The second-order valence-electron chi connectivity index (χ2n) is 6.28. The second-order valence-corrected chi connectivity index (χ2v) is 6.28. The molecular weight excluding hydrogens is 290 g/mol. The lowest BCUT2D eigenvalue weighted by atomic mass is 10.1. The summed E-state index contributed by atoms with van der Waals surface area (Å²) in [7, 11) is 0. The Labute approximate surface area is 135 Å². The van der Waals surface area contributed by atoms with Crippen molar-refractivity contribution < 1.29 is 4.79 Å². The summed E-state index contributed by atoms with van der Waals surface area (Å²) in [5, 5.41) is 3.93. The zero-order valence-electron chi connectivity index (χ0n) is 13.7. The Kier molecular flexibility index (Phi) is 4.48. The van der Waals surface area contributed by atoms with E-state index < -0.39 is 0 Å². The third-order valence-corrected chi connectivity index (χ3v) is 4.55. The number of hydrogen-bond donors (Lipinski definition) is 2. The molecule has 1 amide bonds. The fourth-order valence-electron chi connectivity index (χ4n) is 3.30. The number of hydrogen-bond acceptors (Lipinski definition) is 3. The van der Waals surface area contributed by atoms with E-state index in [4.69, 9.17) is 0 Å². The number of rotatable bonds is 4. The number of likely N-dealkylation sites (tertiary alicyclic amines) is 1. The number of H-pyrrole nitrogens is 1. The number of pyridine rings is 1. The molecule has 1 aromatic carbocycles. The summed E-state index contributed by atoms with van der Waals surface area (Å²) in [6, 6.07) is 7.99. The van der Waals surface area contributed by atoms with Crippen molar-refractivity contribution in [2.75, 3.05) is 19.6 Å². The zero-order chi connectivity index (χ0) is 16.4. The summed E-state index contributed by atoms with van der Waals surface area (Å²) >= 11 is 0. The molecule has 1 saturated heterocycles. The summed E-state index contributed by atoms with van der Waals surface area (Å²) in [4.78, 5) is 29.4. The second kappa shape index (κ2) is 6.54. The average molecular weight is 313 g/mol. The minimum Gasteiger partial charge on any atom is -0.356 e. The molecule has 1 atom stereocenters. The summed E-state index contributed by atoms with van der Waals surface area (Å²) in [5.74, 6) is 0.162. The van der Waals surface area contributed by atoms with E-state index in [0.29, 0.717) is 13.1 Å². The first kappa shape index (κ1) is 15.7. The lowest BCUT2D eigenvalue weighted by molar-refractivity contribution is -0.124. The first-order valence-electron chi connectivity index (χ1n) is 8.20. The molecule has 0 saturated carbocycles. The molecular formula is C18H23N3O2. The van der Waals surface area contributed by atoms with E-state index in [1.54, 1.807) is 0 Å². The third kappa shape index (κ3) is 3.29. The highest BCUT2D eigenvalue weighted by molar-refractivity contribution is 5.82. The van der Waals surface area contributed by atoms with E-state index >= 15 is 0 Å². The maximum atomic E-state index is 12.3. The average Bonchev–Trinajstić information content (AvgIpc) is 2.98. The van der Waals surface area contributed by atoms with Crippen molar-refractivity contribution in [2.24, 2.45) is 5.92 Å². The summed E-state index contributed by atoms with van der Waals surface area (Å²) in [5.41, 5.74) is 2.71. The number of fused-ring (bicyclic) bond motifs is 1. The molecule has 1 aliphatic rings. The van der Waals surface area contributed by atoms with Crippen LogP contribution in [0.1, 0.15) is 24.5 Å². The van der Waals surface area contributed by atoms with Crippen LogP contribution in [0.2, 0.25) is 0 Å². The van der Waals surface area contributed by atoms with Crippen molar-refractivity contribution in [1.29, 1.82) is 0 Å². The fourth-order valence-corrected chi connectivity index (χ4v) is 3.30. The molecule has 1 fully saturated rings. The molecule has 0 radical (unpaired) electrons. The standard InChI is InChI=1S/C18H23N3O2/c1-3-19-17(22)14-7-8-21(10-14)11-15-9-13-6-4-5-12(2)16(13)20-18(15)23/h4-6,9,14H,3,7-8,10-11H2,1-2H3,(H,19,22)(H,20,23)/t14-/m1/s1. The Morgan fingerprint density at radius 3 is 3.04 bits per heavy atom. The van der Waals surface area contributed by atoms with Crippen molar-refractivity contribution >= 4 is 16.8 Å². The van der Waals surface area contributed by atoms with Crippen LogP contribution in [0, 0.1) is 12.8 Å². The first-order chi connectivity index (χ1) is 11.1. The van der Waals surface area contributed by atoms with Gasteiger partial charge in [-0.05, 0) is 43.8 Å². The number of carbonyl (C=O) groups excluding carboxylic acids is 1. The Hall–Kier alpha value is -2.14. The third-order valence-electron chi connectivity index (χ3n) is 4.55. The van der Waals surface area contributed by atoms with Gasteiger partial charge < -0.3 is 10.3 Å². The van der Waals surface area contributed by atoms with Crippen molar-refractivity contribution in [3.8, 4) is 0 Å². The largest absolute Gasteiger partial charge is 0.356 e. The van der Waals surface area contributed by atoms with E-state index in [9.17, 15) is 9.59 Å². The molecule has 1 aromatic heterocycles. The highest BCUT2D eigenvalue weighted by Crippen LogP contribution is 2.20. The highest BCUT2D eigenvalue weighted by atomic mass is 16.2. The molecule has 0 unspecified atom stereocenters. The van der Waals surface area contributed by atoms with Crippen LogP contribution < -0.4 is 10.9 Å². The normalized spacial score (nSPS) is 18.4. The van der Waals surface area contributed by atoms with Crippen molar-refractivity contribution in [1.82, 2.24) is 15.2 Å². The van der Waals surface area contributed by atoms with Gasteiger partial charge in [-0.25, -0.2) is 0 Å². The number of benzene rings is 1. The van der Waals surface area contributed by atoms with Gasteiger partial charge in [-0.15, -0.1) is 0 Å². The number of para-hydroxylation sites is 1. The Balaban J connectivity index is 1.76. The molecule has 2 aromatic rings. The summed E-state index contributed by atoms with van der Waals surface area (Å²) < 4.78 is 0. The van der Waals surface area contributed by atoms with Crippen molar-refractivity contribution in [2.45, 2.75) is 26.8 Å². The predicted molar refractivity (Wildman–Crippen MR) is 91.4 cm³/mol. The van der Waals surface area contributed by atoms with Gasteiger partial charge in [-0.1, -0.05) is 18.2 Å². The first-order valence-corrected chi connectivity index (χ1v) is 8.20. The number of carbonyl (C=O) groups is 1. The monoisotopic (exact) mass is 313 g/mol. The van der Waals surface area contributed by atoms with Gasteiger partial charge in [0.05, 0.1) is 11.4 Å². The smallest absolute Gasteiger partial charge is 0.252 e. The van der Waals surface area contributed by atoms with Crippen LogP contribution in [0.4, 0.5) is 0 Å². The van der Waals surface area contributed by atoms with Gasteiger partial charge >= 0.3 is 0 Å². The molecule has 0 spiro atoms. The van der Waals surface area contributed by atoms with Gasteiger partial charge in [0, 0.05) is 25.2 Å². The lowest BCUT2D eigenvalue weighted by Crippen LogP contribution is -2.33. The Bertz CT molecular complexity index is 781. The predicted octanol–water partition coefficient (Wildman–Crippen LogP) is 1.79. The van der Waals surface area contributed by atoms with Gasteiger partial charge in [0.2, 0.25) is 5.91 Å². The van der Waals surface area contributed by atoms with Gasteiger partial charge in [-0.2, -0.15) is 0 Å². The summed E-state index contributed by atoms with van der Waals surface area (Å²) in [6.07, 6.45) is 0.858. The molecule has 0 aliphatic carbocycles.